The van der Waals surface area contributed by atoms with Crippen molar-refractivity contribution in [2.24, 2.45) is 0 Å². The number of hydrogen-bond acceptors (Lipinski definition) is 2. The molecule has 0 saturated carbocycles. The number of hydrogen-bond donors (Lipinski definition) is 2. The highest BCUT2D eigenvalue weighted by molar-refractivity contribution is 7.80. The van der Waals surface area contributed by atoms with Crippen molar-refractivity contribution in [3.63, 3.8) is 0 Å². The summed E-state index contributed by atoms with van der Waals surface area (Å²) in [6.07, 6.45) is 0. The molecular formula is C18H21FN2OS. The Morgan fingerprint density at radius 1 is 1.17 bits per heavy atom. The van der Waals surface area contributed by atoms with Crippen LogP contribution in [-0.2, 0) is 0 Å². The van der Waals surface area contributed by atoms with Crippen molar-refractivity contribution in [2.75, 3.05) is 12.4 Å². The molecule has 23 heavy (non-hydrogen) atoms. The van der Waals surface area contributed by atoms with Gasteiger partial charge in [-0.05, 0) is 67.9 Å². The number of halogens is 1. The Morgan fingerprint density at radius 3 is 2.57 bits per heavy atom. The lowest BCUT2D eigenvalue weighted by Gasteiger charge is -2.19. The maximum atomic E-state index is 13.8. The smallest absolute Gasteiger partial charge is 0.171 e. The van der Waals surface area contributed by atoms with Gasteiger partial charge in [0, 0.05) is 5.69 Å². The number of methoxy groups -OCH3 is 1. The average Bonchev–Trinajstić information content (AvgIpc) is 2.50. The van der Waals surface area contributed by atoms with E-state index in [9.17, 15) is 4.39 Å². The summed E-state index contributed by atoms with van der Waals surface area (Å²) < 4.78 is 18.7. The van der Waals surface area contributed by atoms with Crippen LogP contribution in [0.2, 0.25) is 0 Å². The van der Waals surface area contributed by atoms with E-state index in [-0.39, 0.29) is 17.6 Å². The first kappa shape index (κ1) is 17.2. The molecule has 0 saturated heterocycles. The summed E-state index contributed by atoms with van der Waals surface area (Å²) in [5, 5.41) is 6.86. The SMILES string of the molecule is COc1ccc([C@H](C)NC(=S)Nc2cc(C)ccc2C)cc1F. The number of aryl methyl sites for hydroxylation is 2. The van der Waals surface area contributed by atoms with E-state index in [0.29, 0.717) is 5.11 Å². The van der Waals surface area contributed by atoms with Gasteiger partial charge >= 0.3 is 0 Å². The second-order valence-corrected chi connectivity index (χ2v) is 5.94. The quantitative estimate of drug-likeness (QED) is 0.808. The molecule has 0 aromatic heterocycles. The molecule has 0 aliphatic rings. The number of anilines is 1. The van der Waals surface area contributed by atoms with Crippen molar-refractivity contribution in [3.8, 4) is 5.75 Å². The molecule has 1 atom stereocenters. The Labute approximate surface area is 141 Å². The molecule has 0 aliphatic carbocycles. The lowest BCUT2D eigenvalue weighted by atomic mass is 10.1. The van der Waals surface area contributed by atoms with E-state index in [4.69, 9.17) is 17.0 Å². The molecule has 5 heteroatoms. The van der Waals surface area contributed by atoms with Crippen LogP contribution >= 0.6 is 12.2 Å². The van der Waals surface area contributed by atoms with Crippen molar-refractivity contribution in [2.45, 2.75) is 26.8 Å². The zero-order valence-electron chi connectivity index (χ0n) is 13.7. The summed E-state index contributed by atoms with van der Waals surface area (Å²) in [6, 6.07) is 10.9. The molecule has 0 heterocycles. The van der Waals surface area contributed by atoms with Gasteiger partial charge in [0.15, 0.2) is 16.7 Å². The minimum Gasteiger partial charge on any atom is -0.494 e. The fourth-order valence-electron chi connectivity index (χ4n) is 2.26. The topological polar surface area (TPSA) is 33.3 Å². The molecule has 2 N–H and O–H groups in total. The zero-order valence-corrected chi connectivity index (χ0v) is 14.6. The van der Waals surface area contributed by atoms with Gasteiger partial charge in [-0.3, -0.25) is 0 Å². The first-order valence-corrected chi connectivity index (χ1v) is 7.79. The summed E-state index contributed by atoms with van der Waals surface area (Å²) in [6.45, 7) is 5.98. The Balaban J connectivity index is 2.04. The van der Waals surface area contributed by atoms with Crippen molar-refractivity contribution in [1.82, 2.24) is 5.32 Å². The number of ether oxygens (including phenoxy) is 1. The molecule has 0 amide bonds. The number of thiocarbonyl (C=S) groups is 1. The van der Waals surface area contributed by atoms with Crippen molar-refractivity contribution < 1.29 is 9.13 Å². The summed E-state index contributed by atoms with van der Waals surface area (Å²) in [5.74, 6) is -0.149. The van der Waals surface area contributed by atoms with Crippen molar-refractivity contribution >= 4 is 23.0 Å². The van der Waals surface area contributed by atoms with Gasteiger partial charge in [-0.1, -0.05) is 18.2 Å². The van der Waals surface area contributed by atoms with Crippen LogP contribution in [0.4, 0.5) is 10.1 Å². The van der Waals surface area contributed by atoms with Crippen LogP contribution < -0.4 is 15.4 Å². The van der Waals surface area contributed by atoms with Gasteiger partial charge in [0.1, 0.15) is 0 Å². The van der Waals surface area contributed by atoms with Crippen molar-refractivity contribution in [3.05, 3.63) is 58.9 Å². The lowest BCUT2D eigenvalue weighted by Crippen LogP contribution is -2.31. The van der Waals surface area contributed by atoms with E-state index >= 15 is 0 Å². The highest BCUT2D eigenvalue weighted by Gasteiger charge is 2.11. The van der Waals surface area contributed by atoms with E-state index in [1.54, 1.807) is 6.07 Å². The summed E-state index contributed by atoms with van der Waals surface area (Å²) in [7, 11) is 1.45. The van der Waals surface area contributed by atoms with Crippen LogP contribution in [0.5, 0.6) is 5.75 Å². The minimum atomic E-state index is -0.382. The second kappa shape index (κ2) is 7.42. The Morgan fingerprint density at radius 2 is 1.91 bits per heavy atom. The molecule has 0 unspecified atom stereocenters. The molecule has 3 nitrogen and oxygen atoms in total. The highest BCUT2D eigenvalue weighted by atomic mass is 32.1. The second-order valence-electron chi connectivity index (χ2n) is 5.53. The zero-order chi connectivity index (χ0) is 17.0. The highest BCUT2D eigenvalue weighted by Crippen LogP contribution is 2.22. The Bertz CT molecular complexity index is 718. The van der Waals surface area contributed by atoms with Crippen LogP contribution in [0, 0.1) is 19.7 Å². The van der Waals surface area contributed by atoms with Gasteiger partial charge in [-0.25, -0.2) is 4.39 Å². The summed E-state index contributed by atoms with van der Waals surface area (Å²) >= 11 is 5.36. The van der Waals surface area contributed by atoms with Gasteiger partial charge < -0.3 is 15.4 Å². The summed E-state index contributed by atoms with van der Waals surface area (Å²) in [5.41, 5.74) is 4.04. The van der Waals surface area contributed by atoms with Crippen LogP contribution in [0.25, 0.3) is 0 Å². The first-order chi connectivity index (χ1) is 10.9. The standard InChI is InChI=1S/C18H21FN2OS/c1-11-5-6-12(2)16(9-11)21-18(23)20-13(3)14-7-8-17(22-4)15(19)10-14/h5-10,13H,1-4H3,(H2,20,21,23)/t13-/m0/s1. The maximum Gasteiger partial charge on any atom is 0.171 e. The first-order valence-electron chi connectivity index (χ1n) is 7.39. The van der Waals surface area contributed by atoms with Crippen molar-refractivity contribution in [1.29, 1.82) is 0 Å². The van der Waals surface area contributed by atoms with E-state index in [1.807, 2.05) is 39.0 Å². The van der Waals surface area contributed by atoms with Gasteiger partial charge in [0.05, 0.1) is 13.2 Å². The summed E-state index contributed by atoms with van der Waals surface area (Å²) in [4.78, 5) is 0. The van der Waals surface area contributed by atoms with Gasteiger partial charge in [0.2, 0.25) is 0 Å². The van der Waals surface area contributed by atoms with E-state index in [1.165, 1.54) is 13.2 Å². The van der Waals surface area contributed by atoms with E-state index in [2.05, 4.69) is 16.7 Å². The van der Waals surface area contributed by atoms with Crippen LogP contribution in [0.15, 0.2) is 36.4 Å². The van der Waals surface area contributed by atoms with Gasteiger partial charge in [-0.2, -0.15) is 0 Å². The number of benzene rings is 2. The predicted molar refractivity (Wildman–Crippen MR) is 96.6 cm³/mol. The molecule has 0 aliphatic heterocycles. The average molecular weight is 332 g/mol. The molecule has 2 aromatic carbocycles. The van der Waals surface area contributed by atoms with E-state index < -0.39 is 0 Å². The third-order valence-electron chi connectivity index (χ3n) is 3.66. The maximum absolute atomic E-state index is 13.8. The molecule has 0 fully saturated rings. The Hall–Kier alpha value is -2.14. The fraction of sp³-hybridized carbons (Fsp3) is 0.278. The van der Waals surface area contributed by atoms with Crippen LogP contribution in [-0.4, -0.2) is 12.2 Å². The van der Waals surface area contributed by atoms with Gasteiger partial charge in [-0.15, -0.1) is 0 Å². The monoisotopic (exact) mass is 332 g/mol. The third-order valence-corrected chi connectivity index (χ3v) is 3.88. The van der Waals surface area contributed by atoms with Gasteiger partial charge in [0.25, 0.3) is 0 Å². The molecular weight excluding hydrogens is 311 g/mol. The third kappa shape index (κ3) is 4.42. The Kier molecular flexibility index (Phi) is 5.55. The normalized spacial score (nSPS) is 11.7. The number of nitrogens with one attached hydrogen (secondary N) is 2. The molecule has 0 bridgehead atoms. The fourth-order valence-corrected chi connectivity index (χ4v) is 2.55. The van der Waals surface area contributed by atoms with Crippen LogP contribution in [0.1, 0.15) is 29.7 Å². The predicted octanol–water partition coefficient (Wildman–Crippen LogP) is 4.50. The van der Waals surface area contributed by atoms with E-state index in [0.717, 1.165) is 22.4 Å². The molecule has 122 valence electrons. The minimum absolute atomic E-state index is 0.125. The lowest BCUT2D eigenvalue weighted by molar-refractivity contribution is 0.386. The largest absolute Gasteiger partial charge is 0.494 e. The molecule has 2 rings (SSSR count). The number of rotatable bonds is 4. The molecule has 2 aromatic rings. The van der Waals surface area contributed by atoms with Crippen LogP contribution in [0.3, 0.4) is 0 Å². The molecule has 0 radical (unpaired) electrons. The molecule has 0 spiro atoms.